The van der Waals surface area contributed by atoms with Crippen molar-refractivity contribution in [2.75, 3.05) is 19.8 Å². The van der Waals surface area contributed by atoms with Crippen LogP contribution in [0.4, 0.5) is 8.78 Å². The molecule has 1 aromatic rings. The van der Waals surface area contributed by atoms with Crippen LogP contribution in [0.15, 0.2) is 18.2 Å². The SMILES string of the molecule is O=C(COc1ccc(Cl)c(F)c1)NC12CC(NCCO[C@H]3C[C@@H](F)C3)(C1)C2. The Hall–Kier alpha value is -1.44. The third kappa shape index (κ3) is 4.05. The number of hydrogen-bond acceptors (Lipinski definition) is 4. The molecule has 2 N–H and O–H groups in total. The fourth-order valence-electron chi connectivity index (χ4n) is 4.33. The van der Waals surface area contributed by atoms with Crippen molar-refractivity contribution in [2.24, 2.45) is 0 Å². The minimum atomic E-state index is -0.688. The van der Waals surface area contributed by atoms with Crippen LogP contribution in [0.1, 0.15) is 32.1 Å². The second-order valence-corrected chi connectivity index (χ2v) is 8.40. The van der Waals surface area contributed by atoms with E-state index in [2.05, 4.69) is 10.6 Å². The standard InChI is InChI=1S/C19H23ClF2N2O3/c20-15-2-1-13(7-16(15)22)27-8-17(25)24-19-9-18(10-19,11-19)23-3-4-26-14-5-12(21)6-14/h1-2,7,12,14,23H,3-6,8-11H2,(H,24,25)/t12-,14+,18?,19?. The van der Waals surface area contributed by atoms with Crippen LogP contribution in [0.25, 0.3) is 0 Å². The van der Waals surface area contributed by atoms with E-state index >= 15 is 0 Å². The number of benzene rings is 1. The van der Waals surface area contributed by atoms with E-state index in [1.807, 2.05) is 0 Å². The van der Waals surface area contributed by atoms with Gasteiger partial charge in [-0.15, -0.1) is 0 Å². The molecule has 5 nitrogen and oxygen atoms in total. The maximum Gasteiger partial charge on any atom is 0.258 e. The van der Waals surface area contributed by atoms with Gasteiger partial charge < -0.3 is 20.1 Å². The Bertz CT molecular complexity index is 707. The summed E-state index contributed by atoms with van der Waals surface area (Å²) >= 11 is 5.61. The normalized spacial score (nSPS) is 33.4. The molecule has 0 saturated heterocycles. The Morgan fingerprint density at radius 2 is 2.00 bits per heavy atom. The summed E-state index contributed by atoms with van der Waals surface area (Å²) in [5.41, 5.74) is -0.0476. The molecule has 5 rings (SSSR count). The minimum Gasteiger partial charge on any atom is -0.484 e. The number of ether oxygens (including phenoxy) is 2. The highest BCUT2D eigenvalue weighted by molar-refractivity contribution is 6.30. The molecule has 27 heavy (non-hydrogen) atoms. The predicted molar refractivity (Wildman–Crippen MR) is 96.2 cm³/mol. The molecule has 1 aromatic carbocycles. The first-order valence-corrected chi connectivity index (χ1v) is 9.64. The van der Waals surface area contributed by atoms with E-state index in [1.165, 1.54) is 12.1 Å². The average molecular weight is 401 g/mol. The molecule has 1 amide bonds. The van der Waals surface area contributed by atoms with E-state index in [0.717, 1.165) is 31.9 Å². The first kappa shape index (κ1) is 18.9. The van der Waals surface area contributed by atoms with Gasteiger partial charge in [-0.1, -0.05) is 11.6 Å². The molecule has 0 spiro atoms. The number of amides is 1. The molecule has 0 heterocycles. The van der Waals surface area contributed by atoms with Crippen molar-refractivity contribution in [1.29, 1.82) is 0 Å². The third-order valence-corrected chi connectivity index (χ3v) is 6.00. The van der Waals surface area contributed by atoms with E-state index in [-0.39, 0.29) is 40.5 Å². The first-order chi connectivity index (χ1) is 12.9. The fourth-order valence-corrected chi connectivity index (χ4v) is 4.45. The van der Waals surface area contributed by atoms with Gasteiger partial charge in [-0.25, -0.2) is 8.78 Å². The summed E-state index contributed by atoms with van der Waals surface area (Å²) in [6, 6.07) is 4.08. The Kier molecular flexibility index (Phi) is 5.03. The van der Waals surface area contributed by atoms with Gasteiger partial charge in [0.1, 0.15) is 17.7 Å². The Balaban J connectivity index is 1.11. The van der Waals surface area contributed by atoms with Crippen molar-refractivity contribution in [3.05, 3.63) is 29.0 Å². The summed E-state index contributed by atoms with van der Waals surface area (Å²) < 4.78 is 37.0. The second-order valence-electron chi connectivity index (χ2n) is 7.99. The van der Waals surface area contributed by atoms with Crippen molar-refractivity contribution < 1.29 is 23.0 Å². The zero-order valence-corrected chi connectivity index (χ0v) is 15.7. The van der Waals surface area contributed by atoms with Crippen molar-refractivity contribution in [3.63, 3.8) is 0 Å². The van der Waals surface area contributed by atoms with Crippen LogP contribution >= 0.6 is 11.6 Å². The van der Waals surface area contributed by atoms with Gasteiger partial charge in [-0.3, -0.25) is 4.79 Å². The molecule has 0 unspecified atom stereocenters. The Morgan fingerprint density at radius 3 is 2.67 bits per heavy atom. The number of hydrogen-bond donors (Lipinski definition) is 2. The summed E-state index contributed by atoms with van der Waals surface area (Å²) in [7, 11) is 0. The Morgan fingerprint density at radius 1 is 1.26 bits per heavy atom. The number of rotatable bonds is 9. The largest absolute Gasteiger partial charge is 0.484 e. The van der Waals surface area contributed by atoms with Crippen molar-refractivity contribution in [3.8, 4) is 5.75 Å². The van der Waals surface area contributed by atoms with E-state index < -0.39 is 12.0 Å². The number of carbonyl (C=O) groups is 1. The molecule has 0 aliphatic heterocycles. The summed E-state index contributed by atoms with van der Waals surface area (Å²) in [6.45, 7) is 1.17. The molecule has 4 aliphatic carbocycles. The molecule has 0 radical (unpaired) electrons. The average Bonchev–Trinajstić information content (AvgIpc) is 2.54. The Labute approximate surface area is 161 Å². The fraction of sp³-hybridized carbons (Fsp3) is 0.632. The summed E-state index contributed by atoms with van der Waals surface area (Å²) in [6.07, 6.45) is 3.09. The van der Waals surface area contributed by atoms with Gasteiger partial charge in [0.15, 0.2) is 6.61 Å². The summed E-state index contributed by atoms with van der Waals surface area (Å²) in [5, 5.41) is 6.52. The number of nitrogens with one attached hydrogen (secondary N) is 2. The highest BCUT2D eigenvalue weighted by Gasteiger charge is 2.68. The molecular formula is C19H23ClF2N2O3. The quantitative estimate of drug-likeness (QED) is 0.626. The smallest absolute Gasteiger partial charge is 0.258 e. The van der Waals surface area contributed by atoms with E-state index in [1.54, 1.807) is 0 Å². The van der Waals surface area contributed by atoms with E-state index in [4.69, 9.17) is 21.1 Å². The number of halogens is 3. The van der Waals surface area contributed by atoms with Gasteiger partial charge in [0.05, 0.1) is 17.7 Å². The van der Waals surface area contributed by atoms with Crippen LogP contribution in [0, 0.1) is 5.82 Å². The first-order valence-electron chi connectivity index (χ1n) is 9.27. The van der Waals surface area contributed by atoms with Gasteiger partial charge in [0.25, 0.3) is 5.91 Å². The van der Waals surface area contributed by atoms with E-state index in [9.17, 15) is 13.6 Å². The monoisotopic (exact) mass is 400 g/mol. The molecule has 8 heteroatoms. The predicted octanol–water partition coefficient (Wildman–Crippen LogP) is 2.76. The molecule has 0 atom stereocenters. The number of alkyl halides is 1. The third-order valence-electron chi connectivity index (χ3n) is 5.69. The van der Waals surface area contributed by atoms with Crippen molar-refractivity contribution >= 4 is 17.5 Å². The van der Waals surface area contributed by atoms with Crippen LogP contribution < -0.4 is 15.4 Å². The minimum absolute atomic E-state index is 0.0168. The van der Waals surface area contributed by atoms with Crippen molar-refractivity contribution in [2.45, 2.75) is 55.5 Å². The zero-order chi connectivity index (χ0) is 19.1. The molecule has 148 valence electrons. The van der Waals surface area contributed by atoms with Gasteiger partial charge in [-0.2, -0.15) is 0 Å². The van der Waals surface area contributed by atoms with Crippen LogP contribution in [-0.4, -0.2) is 49.0 Å². The lowest BCUT2D eigenvalue weighted by atomic mass is 9.44. The summed E-state index contributed by atoms with van der Waals surface area (Å²) in [4.78, 5) is 12.1. The summed E-state index contributed by atoms with van der Waals surface area (Å²) in [5.74, 6) is -0.520. The maximum atomic E-state index is 13.4. The van der Waals surface area contributed by atoms with Crippen LogP contribution in [0.3, 0.4) is 0 Å². The van der Waals surface area contributed by atoms with Crippen LogP contribution in [0.5, 0.6) is 5.75 Å². The lowest BCUT2D eigenvalue weighted by molar-refractivity contribution is -0.144. The van der Waals surface area contributed by atoms with Gasteiger partial charge in [-0.05, 0) is 31.4 Å². The molecule has 4 fully saturated rings. The highest BCUT2D eigenvalue weighted by atomic mass is 35.5. The molecule has 0 aromatic heterocycles. The van der Waals surface area contributed by atoms with Gasteiger partial charge in [0, 0.05) is 36.5 Å². The number of carbonyl (C=O) groups excluding carboxylic acids is 1. The van der Waals surface area contributed by atoms with E-state index in [0.29, 0.717) is 19.4 Å². The molecule has 2 bridgehead atoms. The van der Waals surface area contributed by atoms with Crippen LogP contribution in [-0.2, 0) is 9.53 Å². The topological polar surface area (TPSA) is 59.6 Å². The van der Waals surface area contributed by atoms with Gasteiger partial charge >= 0.3 is 0 Å². The van der Waals surface area contributed by atoms with Crippen LogP contribution in [0.2, 0.25) is 5.02 Å². The second kappa shape index (κ2) is 7.18. The molecular weight excluding hydrogens is 378 g/mol. The highest BCUT2D eigenvalue weighted by Crippen LogP contribution is 2.60. The van der Waals surface area contributed by atoms with Gasteiger partial charge in [0.2, 0.25) is 0 Å². The lowest BCUT2D eigenvalue weighted by Crippen LogP contribution is -2.83. The molecule has 4 aliphatic rings. The van der Waals surface area contributed by atoms with Crippen molar-refractivity contribution in [1.82, 2.24) is 10.6 Å². The lowest BCUT2D eigenvalue weighted by Gasteiger charge is -2.70. The maximum absolute atomic E-state index is 13.4. The molecule has 4 saturated carbocycles. The zero-order valence-electron chi connectivity index (χ0n) is 14.9.